The molecule has 3 aromatic rings. The summed E-state index contributed by atoms with van der Waals surface area (Å²) in [5.41, 5.74) is -1.44. The normalized spacial score (nSPS) is 14.8. The lowest BCUT2D eigenvalue weighted by molar-refractivity contribution is -0.394. The van der Waals surface area contributed by atoms with E-state index in [0.717, 1.165) is 23.5 Å². The molecule has 1 atom stereocenters. The number of esters is 1. The van der Waals surface area contributed by atoms with Crippen molar-refractivity contribution in [3.8, 4) is 11.5 Å². The van der Waals surface area contributed by atoms with Crippen LogP contribution < -0.4 is 19.6 Å². The summed E-state index contributed by atoms with van der Waals surface area (Å²) in [6.07, 6.45) is 2.15. The van der Waals surface area contributed by atoms with E-state index in [1.54, 1.807) is 25.1 Å². The average molecular weight is 647 g/mol. The Morgan fingerprint density at radius 3 is 2.56 bits per heavy atom. The predicted octanol–water partition coefficient (Wildman–Crippen LogP) is 3.87. The summed E-state index contributed by atoms with van der Waals surface area (Å²) in [6, 6.07) is 5.68. The number of aromatic hydroxyl groups is 1. The Labute approximate surface area is 244 Å². The van der Waals surface area contributed by atoms with Crippen LogP contribution in [-0.4, -0.2) is 39.2 Å². The average Bonchev–Trinajstić information content (AvgIpc) is 3.23. The number of hydrogen-bond donors (Lipinski definition) is 1. The fourth-order valence-corrected chi connectivity index (χ4v) is 5.85. The summed E-state index contributed by atoms with van der Waals surface area (Å²) in [4.78, 5) is 53.1. The first kappa shape index (κ1) is 29.6. The monoisotopic (exact) mass is 646 g/mol. The van der Waals surface area contributed by atoms with Gasteiger partial charge in [-0.25, -0.2) is 9.79 Å². The number of allylic oxidation sites excluding steroid dienone is 1. The van der Waals surface area contributed by atoms with Crippen molar-refractivity contribution in [3.05, 3.63) is 97.1 Å². The second kappa shape index (κ2) is 12.0. The van der Waals surface area contributed by atoms with Crippen molar-refractivity contribution < 1.29 is 29.2 Å². The number of carbonyl (C=O) groups excluding carboxylic acids is 1. The van der Waals surface area contributed by atoms with E-state index in [1.807, 2.05) is 6.92 Å². The van der Waals surface area contributed by atoms with Crippen molar-refractivity contribution in [3.63, 3.8) is 0 Å². The fraction of sp³-hybridized carbons (Fsp3) is 0.269. The molecule has 4 rings (SSSR count). The van der Waals surface area contributed by atoms with Gasteiger partial charge in [-0.05, 0) is 37.6 Å². The van der Waals surface area contributed by atoms with Gasteiger partial charge in [0.05, 0.1) is 45.4 Å². The van der Waals surface area contributed by atoms with E-state index in [9.17, 15) is 34.9 Å². The minimum absolute atomic E-state index is 0.0335. The molecule has 0 bridgehead atoms. The Balaban J connectivity index is 2.09. The van der Waals surface area contributed by atoms with E-state index in [0.29, 0.717) is 40.4 Å². The zero-order chi connectivity index (χ0) is 30.0. The molecule has 1 aromatic heterocycles. The first-order valence-electron chi connectivity index (χ1n) is 12.2. The molecule has 41 heavy (non-hydrogen) atoms. The van der Waals surface area contributed by atoms with E-state index in [2.05, 4.69) is 20.9 Å². The number of fused-ring (bicyclic) bond motifs is 1. The molecule has 0 saturated heterocycles. The summed E-state index contributed by atoms with van der Waals surface area (Å²) in [7, 11) is 1.45. The number of methoxy groups -OCH3 is 1. The standard InChI is InChI=1S/C26H23BrN4O9S/c1-4-6-17-21(25(34)40-5-2)22(16-11-14(27)7-8-19(16)39-3)29-24(33)20(41-26(29)28-17)10-13-9-15(30(35)36)12-18(23(13)32)31(37)38/h7-12,22,32H,4-6H2,1-3H3/b20-10+/t22-/m0/s1. The Kier molecular flexibility index (Phi) is 8.68. The van der Waals surface area contributed by atoms with Crippen LogP contribution in [0.3, 0.4) is 0 Å². The van der Waals surface area contributed by atoms with Crippen molar-refractivity contribution in [2.24, 2.45) is 4.99 Å². The maximum Gasteiger partial charge on any atom is 0.338 e. The first-order valence-corrected chi connectivity index (χ1v) is 13.8. The van der Waals surface area contributed by atoms with Crippen molar-refractivity contribution in [2.75, 3.05) is 13.7 Å². The molecule has 0 fully saturated rings. The lowest BCUT2D eigenvalue weighted by Gasteiger charge is -2.27. The van der Waals surface area contributed by atoms with E-state index < -0.39 is 44.5 Å². The third kappa shape index (κ3) is 5.63. The quantitative estimate of drug-likeness (QED) is 0.205. The molecule has 13 nitrogen and oxygen atoms in total. The predicted molar refractivity (Wildman–Crippen MR) is 152 cm³/mol. The molecule has 0 spiro atoms. The molecular weight excluding hydrogens is 624 g/mol. The second-order valence-electron chi connectivity index (χ2n) is 8.72. The number of phenols is 1. The number of phenolic OH excluding ortho intramolecular Hbond substituents is 1. The van der Waals surface area contributed by atoms with Gasteiger partial charge in [-0.3, -0.25) is 29.6 Å². The Morgan fingerprint density at radius 2 is 1.95 bits per heavy atom. The van der Waals surface area contributed by atoms with Crippen LogP contribution in [0, 0.1) is 20.2 Å². The van der Waals surface area contributed by atoms with Crippen LogP contribution in [0.25, 0.3) is 6.08 Å². The Bertz CT molecular complexity index is 1800. The van der Waals surface area contributed by atoms with Crippen LogP contribution in [0.5, 0.6) is 11.5 Å². The summed E-state index contributed by atoms with van der Waals surface area (Å²) in [5.74, 6) is -1.11. The molecule has 0 radical (unpaired) electrons. The number of hydrogen-bond acceptors (Lipinski definition) is 11. The number of nitro benzene ring substituents is 2. The number of carbonyl (C=O) groups is 1. The van der Waals surface area contributed by atoms with Gasteiger partial charge in [-0.15, -0.1) is 0 Å². The maximum absolute atomic E-state index is 13.9. The molecule has 0 aliphatic carbocycles. The minimum Gasteiger partial charge on any atom is -0.502 e. The highest BCUT2D eigenvalue weighted by molar-refractivity contribution is 9.10. The summed E-state index contributed by atoms with van der Waals surface area (Å²) in [6.45, 7) is 3.65. The molecular formula is C26H23BrN4O9S. The smallest absolute Gasteiger partial charge is 0.338 e. The highest BCUT2D eigenvalue weighted by atomic mass is 79.9. The summed E-state index contributed by atoms with van der Waals surface area (Å²) < 4.78 is 12.8. The Hall–Kier alpha value is -4.37. The largest absolute Gasteiger partial charge is 0.502 e. The number of nitro groups is 2. The SMILES string of the molecule is CCCC1=C(C(=O)OCC)[C@H](c2cc(Br)ccc2OC)n2c(s/c(=C/c3cc([N+](=O)[O-])cc([N+](=O)[O-])c3O)c2=O)=N1. The van der Waals surface area contributed by atoms with Gasteiger partial charge in [0.15, 0.2) is 4.80 Å². The van der Waals surface area contributed by atoms with Crippen LogP contribution in [0.1, 0.15) is 43.9 Å². The van der Waals surface area contributed by atoms with Crippen molar-refractivity contribution >= 4 is 50.7 Å². The molecule has 0 saturated carbocycles. The number of ether oxygens (including phenoxy) is 2. The van der Waals surface area contributed by atoms with E-state index in [4.69, 9.17) is 9.47 Å². The molecule has 0 unspecified atom stereocenters. The number of rotatable bonds is 9. The number of benzene rings is 2. The van der Waals surface area contributed by atoms with Gasteiger partial charge in [0, 0.05) is 21.7 Å². The van der Waals surface area contributed by atoms with Gasteiger partial charge in [-0.2, -0.15) is 0 Å². The second-order valence-corrected chi connectivity index (χ2v) is 10.6. The van der Waals surface area contributed by atoms with Crippen molar-refractivity contribution in [2.45, 2.75) is 32.7 Å². The molecule has 1 N–H and O–H groups in total. The third-order valence-electron chi connectivity index (χ3n) is 6.18. The minimum atomic E-state index is -1.02. The van der Waals surface area contributed by atoms with Gasteiger partial charge in [0.2, 0.25) is 5.75 Å². The highest BCUT2D eigenvalue weighted by Crippen LogP contribution is 2.39. The van der Waals surface area contributed by atoms with Crippen molar-refractivity contribution in [1.29, 1.82) is 0 Å². The Morgan fingerprint density at radius 1 is 1.22 bits per heavy atom. The first-order chi connectivity index (χ1) is 19.5. The molecule has 1 aliphatic heterocycles. The fourth-order valence-electron chi connectivity index (χ4n) is 4.46. The van der Waals surface area contributed by atoms with Crippen LogP contribution in [-0.2, 0) is 9.53 Å². The van der Waals surface area contributed by atoms with E-state index in [-0.39, 0.29) is 27.1 Å². The zero-order valence-corrected chi connectivity index (χ0v) is 24.4. The molecule has 214 valence electrons. The van der Waals surface area contributed by atoms with Crippen LogP contribution in [0.2, 0.25) is 0 Å². The highest BCUT2D eigenvalue weighted by Gasteiger charge is 2.36. The van der Waals surface area contributed by atoms with Gasteiger partial charge in [-0.1, -0.05) is 40.6 Å². The zero-order valence-electron chi connectivity index (χ0n) is 22.0. The lowest BCUT2D eigenvalue weighted by Crippen LogP contribution is -2.40. The summed E-state index contributed by atoms with van der Waals surface area (Å²) in [5, 5.41) is 33.4. The van der Waals surface area contributed by atoms with Crippen LogP contribution >= 0.6 is 27.3 Å². The van der Waals surface area contributed by atoms with Crippen LogP contribution in [0.15, 0.2) is 55.9 Å². The topological polar surface area (TPSA) is 176 Å². The molecule has 2 aromatic carbocycles. The van der Waals surface area contributed by atoms with Gasteiger partial charge >= 0.3 is 11.7 Å². The number of halogens is 1. The summed E-state index contributed by atoms with van der Waals surface area (Å²) >= 11 is 4.34. The third-order valence-corrected chi connectivity index (χ3v) is 7.65. The van der Waals surface area contributed by atoms with Gasteiger partial charge in [0.25, 0.3) is 11.2 Å². The van der Waals surface area contributed by atoms with Crippen molar-refractivity contribution in [1.82, 2.24) is 4.57 Å². The number of thiazole rings is 1. The van der Waals surface area contributed by atoms with E-state index in [1.165, 1.54) is 11.7 Å². The van der Waals surface area contributed by atoms with Gasteiger partial charge in [0.1, 0.15) is 11.8 Å². The molecule has 0 amide bonds. The van der Waals surface area contributed by atoms with E-state index >= 15 is 0 Å². The lowest BCUT2D eigenvalue weighted by atomic mass is 9.93. The molecule has 2 heterocycles. The maximum atomic E-state index is 13.9. The number of nitrogens with zero attached hydrogens (tertiary/aromatic N) is 4. The molecule has 1 aliphatic rings. The number of aromatic nitrogens is 1. The van der Waals surface area contributed by atoms with Crippen LogP contribution in [0.4, 0.5) is 11.4 Å². The molecule has 15 heteroatoms. The van der Waals surface area contributed by atoms with Gasteiger partial charge < -0.3 is 14.6 Å². The number of non-ortho nitro benzene ring substituents is 1.